The van der Waals surface area contributed by atoms with E-state index in [0.717, 1.165) is 17.9 Å². The van der Waals surface area contributed by atoms with Crippen molar-refractivity contribution in [1.82, 2.24) is 0 Å². The molecule has 2 rings (SSSR count). The average molecular weight is 255 g/mol. The smallest absolute Gasteiger partial charge is 0.122 e. The maximum Gasteiger partial charge on any atom is 0.122 e. The van der Waals surface area contributed by atoms with Crippen LogP contribution in [0.4, 0.5) is 5.69 Å². The van der Waals surface area contributed by atoms with Crippen LogP contribution in [-0.4, -0.2) is 7.11 Å². The lowest BCUT2D eigenvalue weighted by Gasteiger charge is -2.16. The predicted molar refractivity (Wildman–Crippen MR) is 80.9 cm³/mol. The molecule has 0 amide bonds. The third-order valence-corrected chi connectivity index (χ3v) is 3.79. The quantitative estimate of drug-likeness (QED) is 0.847. The summed E-state index contributed by atoms with van der Waals surface area (Å²) in [6.07, 6.45) is 0.933. The average Bonchev–Trinajstić information content (AvgIpc) is 2.41. The van der Waals surface area contributed by atoms with Crippen LogP contribution in [0.5, 0.6) is 5.75 Å². The van der Waals surface area contributed by atoms with Crippen LogP contribution in [0, 0.1) is 20.8 Å². The lowest BCUT2D eigenvalue weighted by Crippen LogP contribution is -2.01. The van der Waals surface area contributed by atoms with E-state index in [1.54, 1.807) is 7.11 Å². The van der Waals surface area contributed by atoms with Crippen molar-refractivity contribution in [2.45, 2.75) is 27.2 Å². The van der Waals surface area contributed by atoms with Crippen LogP contribution in [0.3, 0.4) is 0 Å². The third kappa shape index (κ3) is 2.73. The van der Waals surface area contributed by atoms with E-state index in [0.29, 0.717) is 0 Å². The minimum Gasteiger partial charge on any atom is -0.496 e. The molecule has 2 nitrogen and oxygen atoms in total. The van der Waals surface area contributed by atoms with Gasteiger partial charge >= 0.3 is 0 Å². The van der Waals surface area contributed by atoms with Crippen molar-refractivity contribution < 1.29 is 4.74 Å². The number of hydrogen-bond donors (Lipinski definition) is 1. The number of aryl methyl sites for hydroxylation is 1. The van der Waals surface area contributed by atoms with Crippen LogP contribution in [0.15, 0.2) is 30.3 Å². The Bertz CT molecular complexity index is 585. The maximum absolute atomic E-state index is 5.73. The van der Waals surface area contributed by atoms with E-state index in [1.807, 2.05) is 12.1 Å². The van der Waals surface area contributed by atoms with E-state index in [1.165, 1.54) is 27.8 Å². The van der Waals surface area contributed by atoms with E-state index in [9.17, 15) is 0 Å². The molecule has 0 aliphatic heterocycles. The molecule has 0 saturated heterocycles. The molecule has 0 atom stereocenters. The predicted octanol–water partition coefficient (Wildman–Crippen LogP) is 3.79. The van der Waals surface area contributed by atoms with E-state index in [-0.39, 0.29) is 0 Å². The summed E-state index contributed by atoms with van der Waals surface area (Å²) in [6, 6.07) is 10.2. The van der Waals surface area contributed by atoms with Gasteiger partial charge in [0.05, 0.1) is 7.11 Å². The molecule has 0 unspecified atom stereocenters. The van der Waals surface area contributed by atoms with Crippen molar-refractivity contribution in [1.29, 1.82) is 0 Å². The minimum atomic E-state index is 0.808. The molecule has 0 saturated carbocycles. The van der Waals surface area contributed by atoms with Crippen molar-refractivity contribution in [3.05, 3.63) is 58.1 Å². The molecule has 100 valence electrons. The van der Waals surface area contributed by atoms with Crippen molar-refractivity contribution in [2.24, 2.45) is 0 Å². The van der Waals surface area contributed by atoms with Gasteiger partial charge in [-0.1, -0.05) is 12.1 Å². The zero-order valence-electron chi connectivity index (χ0n) is 12.1. The van der Waals surface area contributed by atoms with Crippen LogP contribution >= 0.6 is 0 Å². The van der Waals surface area contributed by atoms with Crippen LogP contribution < -0.4 is 10.5 Å². The lowest BCUT2D eigenvalue weighted by atomic mass is 9.92. The fourth-order valence-corrected chi connectivity index (χ4v) is 2.42. The normalized spacial score (nSPS) is 10.5. The molecule has 2 N–H and O–H groups in total. The first-order chi connectivity index (χ1) is 9.02. The molecule has 0 aliphatic rings. The van der Waals surface area contributed by atoms with Gasteiger partial charge < -0.3 is 10.5 Å². The Hall–Kier alpha value is -1.96. The third-order valence-electron chi connectivity index (χ3n) is 3.79. The summed E-state index contributed by atoms with van der Waals surface area (Å²) in [4.78, 5) is 0. The standard InChI is InChI=1S/C17H21NO/c1-11-9-17(19-4)13(3)12(2)16(11)10-14-5-7-15(18)8-6-14/h5-9H,10,18H2,1-4H3. The van der Waals surface area contributed by atoms with E-state index < -0.39 is 0 Å². The number of methoxy groups -OCH3 is 1. The van der Waals surface area contributed by atoms with Gasteiger partial charge in [-0.3, -0.25) is 0 Å². The summed E-state index contributed by atoms with van der Waals surface area (Å²) in [7, 11) is 1.72. The summed E-state index contributed by atoms with van der Waals surface area (Å²) in [5.74, 6) is 0.969. The Morgan fingerprint density at radius 2 is 1.63 bits per heavy atom. The van der Waals surface area contributed by atoms with Crippen molar-refractivity contribution in [3.8, 4) is 5.75 Å². The maximum atomic E-state index is 5.73. The zero-order valence-corrected chi connectivity index (χ0v) is 12.1. The highest BCUT2D eigenvalue weighted by Crippen LogP contribution is 2.29. The summed E-state index contributed by atoms with van der Waals surface area (Å²) in [5, 5.41) is 0. The van der Waals surface area contributed by atoms with E-state index in [2.05, 4.69) is 39.0 Å². The van der Waals surface area contributed by atoms with Gasteiger partial charge in [0.15, 0.2) is 0 Å². The molecule has 0 radical (unpaired) electrons. The van der Waals surface area contributed by atoms with Gasteiger partial charge in [0.2, 0.25) is 0 Å². The highest BCUT2D eigenvalue weighted by molar-refractivity contribution is 5.50. The molecule has 0 bridgehead atoms. The Labute approximate surface area is 115 Å². The summed E-state index contributed by atoms with van der Waals surface area (Å²) >= 11 is 0. The second kappa shape index (κ2) is 5.35. The summed E-state index contributed by atoms with van der Waals surface area (Å²) < 4.78 is 5.41. The van der Waals surface area contributed by atoms with E-state index in [4.69, 9.17) is 10.5 Å². The van der Waals surface area contributed by atoms with Gasteiger partial charge in [-0.15, -0.1) is 0 Å². The molecule has 19 heavy (non-hydrogen) atoms. The molecule has 0 aromatic heterocycles. The van der Waals surface area contributed by atoms with E-state index >= 15 is 0 Å². The Morgan fingerprint density at radius 1 is 1.00 bits per heavy atom. The van der Waals surface area contributed by atoms with Crippen molar-refractivity contribution >= 4 is 5.69 Å². The second-order valence-electron chi connectivity index (χ2n) is 5.04. The van der Waals surface area contributed by atoms with Gasteiger partial charge in [0.1, 0.15) is 5.75 Å². The number of ether oxygens (including phenoxy) is 1. The van der Waals surface area contributed by atoms with Crippen LogP contribution in [0.2, 0.25) is 0 Å². The number of hydrogen-bond acceptors (Lipinski definition) is 2. The number of nitrogens with two attached hydrogens (primary N) is 1. The van der Waals surface area contributed by atoms with Gasteiger partial charge in [-0.05, 0) is 73.2 Å². The first-order valence-corrected chi connectivity index (χ1v) is 6.51. The number of benzene rings is 2. The Balaban J connectivity index is 2.40. The Kier molecular flexibility index (Phi) is 3.79. The highest BCUT2D eigenvalue weighted by atomic mass is 16.5. The molecule has 2 heteroatoms. The largest absolute Gasteiger partial charge is 0.496 e. The zero-order chi connectivity index (χ0) is 14.0. The summed E-state index contributed by atoms with van der Waals surface area (Å²) in [5.41, 5.74) is 13.0. The number of rotatable bonds is 3. The van der Waals surface area contributed by atoms with Gasteiger partial charge in [-0.2, -0.15) is 0 Å². The number of anilines is 1. The van der Waals surface area contributed by atoms with Crippen molar-refractivity contribution in [3.63, 3.8) is 0 Å². The molecular formula is C17H21NO. The first-order valence-electron chi connectivity index (χ1n) is 6.51. The van der Waals surface area contributed by atoms with Crippen LogP contribution in [0.1, 0.15) is 27.8 Å². The van der Waals surface area contributed by atoms with Crippen LogP contribution in [-0.2, 0) is 6.42 Å². The molecule has 0 spiro atoms. The molecule has 2 aromatic rings. The molecule has 0 heterocycles. The number of nitrogen functional groups attached to an aromatic ring is 1. The fraction of sp³-hybridized carbons (Fsp3) is 0.294. The van der Waals surface area contributed by atoms with Gasteiger partial charge in [-0.25, -0.2) is 0 Å². The monoisotopic (exact) mass is 255 g/mol. The molecule has 0 aliphatic carbocycles. The van der Waals surface area contributed by atoms with Crippen molar-refractivity contribution in [2.75, 3.05) is 12.8 Å². The SMILES string of the molecule is COc1cc(C)c(Cc2ccc(N)cc2)c(C)c1C. The fourth-order valence-electron chi connectivity index (χ4n) is 2.42. The molecule has 2 aromatic carbocycles. The lowest BCUT2D eigenvalue weighted by molar-refractivity contribution is 0.410. The topological polar surface area (TPSA) is 35.2 Å². The first kappa shape index (κ1) is 13.5. The molecule has 0 fully saturated rings. The van der Waals surface area contributed by atoms with Crippen LogP contribution in [0.25, 0.3) is 0 Å². The van der Waals surface area contributed by atoms with Gasteiger partial charge in [0.25, 0.3) is 0 Å². The second-order valence-corrected chi connectivity index (χ2v) is 5.04. The minimum absolute atomic E-state index is 0.808. The van der Waals surface area contributed by atoms with Gasteiger partial charge in [0, 0.05) is 5.69 Å². The highest BCUT2D eigenvalue weighted by Gasteiger charge is 2.11. The summed E-state index contributed by atoms with van der Waals surface area (Å²) in [6.45, 7) is 6.42. The Morgan fingerprint density at radius 3 is 2.21 bits per heavy atom. The molecular weight excluding hydrogens is 234 g/mol.